The number of hydrogen-bond acceptors (Lipinski definition) is 5. The van der Waals surface area contributed by atoms with E-state index in [1.807, 2.05) is 0 Å². The standard InChI is InChI=1S/C13H20ClNO4/c1-18-8-11(3-4-16)15-7-9-5-10(14)6-12(19-2)13(9)17/h5-6,11,15-17H,3-4,7-8H2,1-2H3. The van der Waals surface area contributed by atoms with Crippen molar-refractivity contribution in [2.45, 2.75) is 19.0 Å². The molecule has 0 aliphatic heterocycles. The highest BCUT2D eigenvalue weighted by Crippen LogP contribution is 2.33. The first-order chi connectivity index (χ1) is 9.12. The Morgan fingerprint density at radius 3 is 2.68 bits per heavy atom. The molecule has 108 valence electrons. The van der Waals surface area contributed by atoms with Gasteiger partial charge in [-0.25, -0.2) is 0 Å². The molecule has 0 aliphatic rings. The second-order valence-corrected chi connectivity index (χ2v) is 4.60. The van der Waals surface area contributed by atoms with Gasteiger partial charge in [0.25, 0.3) is 0 Å². The minimum atomic E-state index is 0.0133. The fourth-order valence-corrected chi connectivity index (χ4v) is 2.01. The van der Waals surface area contributed by atoms with Crippen molar-refractivity contribution in [2.24, 2.45) is 0 Å². The third-order valence-electron chi connectivity index (χ3n) is 2.77. The molecule has 0 fully saturated rings. The molecule has 1 rings (SSSR count). The number of phenols is 1. The summed E-state index contributed by atoms with van der Waals surface area (Å²) in [5.41, 5.74) is 0.642. The average molecular weight is 290 g/mol. The Bertz CT molecular complexity index is 394. The summed E-state index contributed by atoms with van der Waals surface area (Å²) in [6.45, 7) is 0.974. The van der Waals surface area contributed by atoms with E-state index >= 15 is 0 Å². The van der Waals surface area contributed by atoms with E-state index in [0.29, 0.717) is 35.9 Å². The van der Waals surface area contributed by atoms with Gasteiger partial charge in [0.1, 0.15) is 0 Å². The molecule has 0 bridgehead atoms. The summed E-state index contributed by atoms with van der Waals surface area (Å²) in [5.74, 6) is 0.411. The Kier molecular flexibility index (Phi) is 6.94. The third kappa shape index (κ3) is 4.87. The van der Waals surface area contributed by atoms with Crippen LogP contribution < -0.4 is 10.1 Å². The van der Waals surface area contributed by atoms with E-state index < -0.39 is 0 Å². The topological polar surface area (TPSA) is 71.0 Å². The smallest absolute Gasteiger partial charge is 0.162 e. The number of benzene rings is 1. The zero-order valence-electron chi connectivity index (χ0n) is 11.1. The van der Waals surface area contributed by atoms with Crippen LogP contribution in [0.5, 0.6) is 11.5 Å². The highest BCUT2D eigenvalue weighted by Gasteiger charge is 2.12. The second kappa shape index (κ2) is 8.22. The number of nitrogens with one attached hydrogen (secondary N) is 1. The first-order valence-electron chi connectivity index (χ1n) is 6.01. The number of methoxy groups -OCH3 is 2. The number of rotatable bonds is 8. The maximum Gasteiger partial charge on any atom is 0.162 e. The van der Waals surface area contributed by atoms with Gasteiger partial charge in [0.05, 0.1) is 13.7 Å². The zero-order chi connectivity index (χ0) is 14.3. The van der Waals surface area contributed by atoms with E-state index in [1.54, 1.807) is 19.2 Å². The summed E-state index contributed by atoms with van der Waals surface area (Å²) in [7, 11) is 3.08. The van der Waals surface area contributed by atoms with Gasteiger partial charge in [-0.3, -0.25) is 0 Å². The summed E-state index contributed by atoms with van der Waals surface area (Å²) in [6, 6.07) is 3.25. The quantitative estimate of drug-likeness (QED) is 0.677. The van der Waals surface area contributed by atoms with E-state index in [4.69, 9.17) is 26.2 Å². The lowest BCUT2D eigenvalue weighted by Crippen LogP contribution is -2.33. The predicted molar refractivity (Wildman–Crippen MR) is 73.9 cm³/mol. The van der Waals surface area contributed by atoms with Crippen molar-refractivity contribution in [1.82, 2.24) is 5.32 Å². The Morgan fingerprint density at radius 2 is 2.11 bits per heavy atom. The lowest BCUT2D eigenvalue weighted by Gasteiger charge is -2.18. The highest BCUT2D eigenvalue weighted by atomic mass is 35.5. The third-order valence-corrected chi connectivity index (χ3v) is 2.98. The van der Waals surface area contributed by atoms with Crippen molar-refractivity contribution >= 4 is 11.6 Å². The summed E-state index contributed by atoms with van der Waals surface area (Å²) in [4.78, 5) is 0. The Labute approximate surface area is 118 Å². The first-order valence-corrected chi connectivity index (χ1v) is 6.38. The lowest BCUT2D eigenvalue weighted by atomic mass is 10.1. The van der Waals surface area contributed by atoms with Gasteiger partial charge in [-0.1, -0.05) is 11.6 Å². The minimum Gasteiger partial charge on any atom is -0.504 e. The second-order valence-electron chi connectivity index (χ2n) is 4.16. The molecule has 1 unspecified atom stereocenters. The van der Waals surface area contributed by atoms with Crippen molar-refractivity contribution in [3.8, 4) is 11.5 Å². The van der Waals surface area contributed by atoms with Crippen LogP contribution in [0.15, 0.2) is 12.1 Å². The number of halogens is 1. The monoisotopic (exact) mass is 289 g/mol. The number of ether oxygens (including phenoxy) is 2. The van der Waals surface area contributed by atoms with Gasteiger partial charge < -0.3 is 25.0 Å². The van der Waals surface area contributed by atoms with E-state index in [2.05, 4.69) is 5.32 Å². The van der Waals surface area contributed by atoms with Gasteiger partial charge in [0.2, 0.25) is 0 Å². The Hall–Kier alpha value is -1.01. The molecule has 1 aromatic carbocycles. The van der Waals surface area contributed by atoms with Gasteiger partial charge in [-0.05, 0) is 12.5 Å². The average Bonchev–Trinajstić information content (AvgIpc) is 2.39. The summed E-state index contributed by atoms with van der Waals surface area (Å²) >= 11 is 5.95. The van der Waals surface area contributed by atoms with E-state index in [1.165, 1.54) is 7.11 Å². The highest BCUT2D eigenvalue weighted by molar-refractivity contribution is 6.30. The summed E-state index contributed by atoms with van der Waals surface area (Å²) < 4.78 is 10.1. The molecule has 6 heteroatoms. The van der Waals surface area contributed by atoms with E-state index in [-0.39, 0.29) is 18.4 Å². The van der Waals surface area contributed by atoms with Crippen LogP contribution in [0.2, 0.25) is 5.02 Å². The molecular formula is C13H20ClNO4. The lowest BCUT2D eigenvalue weighted by molar-refractivity contribution is 0.148. The number of aliphatic hydroxyl groups excluding tert-OH is 1. The molecule has 5 nitrogen and oxygen atoms in total. The van der Waals surface area contributed by atoms with Gasteiger partial charge >= 0.3 is 0 Å². The molecule has 1 aromatic rings. The van der Waals surface area contributed by atoms with Gasteiger partial charge in [-0.2, -0.15) is 0 Å². The molecule has 0 aliphatic carbocycles. The maximum absolute atomic E-state index is 9.98. The van der Waals surface area contributed by atoms with Crippen LogP contribution in [0.4, 0.5) is 0 Å². The maximum atomic E-state index is 9.98. The summed E-state index contributed by atoms with van der Waals surface area (Å²) in [6.07, 6.45) is 0.576. The normalized spacial score (nSPS) is 12.4. The van der Waals surface area contributed by atoms with Crippen molar-refractivity contribution in [3.05, 3.63) is 22.7 Å². The molecule has 0 heterocycles. The number of aliphatic hydroxyl groups is 1. The van der Waals surface area contributed by atoms with Crippen molar-refractivity contribution in [1.29, 1.82) is 0 Å². The van der Waals surface area contributed by atoms with Crippen LogP contribution in [-0.4, -0.2) is 43.7 Å². The molecular weight excluding hydrogens is 270 g/mol. The van der Waals surface area contributed by atoms with Crippen LogP contribution in [0, 0.1) is 0 Å². The minimum absolute atomic E-state index is 0.0133. The molecule has 0 spiro atoms. The molecule has 3 N–H and O–H groups in total. The van der Waals surface area contributed by atoms with Gasteiger partial charge in [-0.15, -0.1) is 0 Å². The molecule has 0 saturated carbocycles. The van der Waals surface area contributed by atoms with Crippen molar-refractivity contribution in [2.75, 3.05) is 27.4 Å². The zero-order valence-corrected chi connectivity index (χ0v) is 11.9. The molecule has 0 radical (unpaired) electrons. The fraction of sp³-hybridized carbons (Fsp3) is 0.538. The van der Waals surface area contributed by atoms with Crippen LogP contribution in [0.25, 0.3) is 0 Å². The number of aromatic hydroxyl groups is 1. The van der Waals surface area contributed by atoms with Crippen LogP contribution in [0.3, 0.4) is 0 Å². The van der Waals surface area contributed by atoms with Crippen LogP contribution in [-0.2, 0) is 11.3 Å². The molecule has 1 atom stereocenters. The van der Waals surface area contributed by atoms with Crippen molar-refractivity contribution < 1.29 is 19.7 Å². The van der Waals surface area contributed by atoms with E-state index in [0.717, 1.165) is 0 Å². The Balaban J connectivity index is 2.73. The van der Waals surface area contributed by atoms with Gasteiger partial charge in [0, 0.05) is 43.0 Å². The first kappa shape index (κ1) is 16.0. The van der Waals surface area contributed by atoms with Crippen LogP contribution >= 0.6 is 11.6 Å². The molecule has 19 heavy (non-hydrogen) atoms. The summed E-state index contributed by atoms with van der Waals surface area (Å²) in [5, 5.41) is 22.6. The van der Waals surface area contributed by atoms with E-state index in [9.17, 15) is 5.11 Å². The number of phenolic OH excluding ortho intramolecular Hbond substituents is 1. The van der Waals surface area contributed by atoms with Crippen molar-refractivity contribution in [3.63, 3.8) is 0 Å². The Morgan fingerprint density at radius 1 is 1.37 bits per heavy atom. The molecule has 0 saturated heterocycles. The molecule has 0 aromatic heterocycles. The largest absolute Gasteiger partial charge is 0.504 e. The molecule has 0 amide bonds. The fourth-order valence-electron chi connectivity index (χ4n) is 1.77. The van der Waals surface area contributed by atoms with Crippen LogP contribution in [0.1, 0.15) is 12.0 Å². The SMILES string of the molecule is COCC(CCO)NCc1cc(Cl)cc(OC)c1O. The predicted octanol–water partition coefficient (Wildman–Crippen LogP) is 1.54. The number of hydrogen-bond donors (Lipinski definition) is 3. The van der Waals surface area contributed by atoms with Gasteiger partial charge in [0.15, 0.2) is 11.5 Å².